The average molecular weight is 278 g/mol. The first-order chi connectivity index (χ1) is 6.94. The normalized spacial score (nSPS) is 14.0. The predicted octanol–water partition coefficient (Wildman–Crippen LogP) is -2.18. The fourth-order valence-electron chi connectivity index (χ4n) is 0.840. The van der Waals surface area contributed by atoms with Crippen molar-refractivity contribution in [1.29, 1.82) is 0 Å². The molecule has 0 saturated carbocycles. The van der Waals surface area contributed by atoms with Crippen LogP contribution in [0, 0.1) is 0 Å². The standard InChI is InChI=1S/C5H14N2O7S2/c1-6(15(9,10)11)3-5(8)4-7(2)16(12,13)14/h5,8H,3-4H2,1-2H3,(H,9,10,11)(H,12,13,14). The highest BCUT2D eigenvalue weighted by atomic mass is 32.2. The molecule has 0 spiro atoms. The largest absolute Gasteiger partial charge is 0.390 e. The van der Waals surface area contributed by atoms with Gasteiger partial charge in [-0.25, -0.2) is 0 Å². The van der Waals surface area contributed by atoms with Crippen molar-refractivity contribution in [3.63, 3.8) is 0 Å². The van der Waals surface area contributed by atoms with Crippen LogP contribution >= 0.6 is 0 Å². The van der Waals surface area contributed by atoms with Gasteiger partial charge in [0.15, 0.2) is 0 Å². The summed E-state index contributed by atoms with van der Waals surface area (Å²) in [5.74, 6) is 0. The molecule has 11 heteroatoms. The Morgan fingerprint density at radius 3 is 1.38 bits per heavy atom. The molecule has 0 aliphatic carbocycles. The number of nitrogens with zero attached hydrogens (tertiary/aromatic N) is 2. The van der Waals surface area contributed by atoms with Gasteiger partial charge in [-0.15, -0.1) is 0 Å². The molecule has 98 valence electrons. The maximum atomic E-state index is 10.5. The fraction of sp³-hybridized carbons (Fsp3) is 1.00. The van der Waals surface area contributed by atoms with E-state index in [1.54, 1.807) is 0 Å². The van der Waals surface area contributed by atoms with Gasteiger partial charge in [-0.1, -0.05) is 0 Å². The zero-order chi connectivity index (χ0) is 13.1. The van der Waals surface area contributed by atoms with Crippen molar-refractivity contribution >= 4 is 20.6 Å². The molecule has 0 aromatic heterocycles. The maximum absolute atomic E-state index is 10.5. The Bertz CT molecular complexity index is 376. The summed E-state index contributed by atoms with van der Waals surface area (Å²) in [5.41, 5.74) is 0. The Morgan fingerprint density at radius 2 is 1.19 bits per heavy atom. The van der Waals surface area contributed by atoms with Gasteiger partial charge < -0.3 is 5.11 Å². The topological polar surface area (TPSA) is 135 Å². The van der Waals surface area contributed by atoms with E-state index in [-0.39, 0.29) is 0 Å². The molecule has 0 bridgehead atoms. The molecule has 16 heavy (non-hydrogen) atoms. The Labute approximate surface area is 94.0 Å². The highest BCUT2D eigenvalue weighted by molar-refractivity contribution is 7.83. The van der Waals surface area contributed by atoms with Gasteiger partial charge in [0.2, 0.25) is 0 Å². The van der Waals surface area contributed by atoms with Crippen molar-refractivity contribution < 1.29 is 31.0 Å². The van der Waals surface area contributed by atoms with Crippen molar-refractivity contribution in [1.82, 2.24) is 8.61 Å². The average Bonchev–Trinajstić information content (AvgIpc) is 1.99. The first-order valence-electron chi connectivity index (χ1n) is 4.00. The van der Waals surface area contributed by atoms with Crippen molar-refractivity contribution in [2.24, 2.45) is 0 Å². The maximum Gasteiger partial charge on any atom is 0.335 e. The van der Waals surface area contributed by atoms with E-state index >= 15 is 0 Å². The van der Waals surface area contributed by atoms with Gasteiger partial charge in [-0.2, -0.15) is 25.4 Å². The van der Waals surface area contributed by atoms with E-state index in [0.29, 0.717) is 8.61 Å². The number of hydrogen-bond acceptors (Lipinski definition) is 5. The lowest BCUT2D eigenvalue weighted by atomic mass is 10.3. The van der Waals surface area contributed by atoms with E-state index in [0.717, 1.165) is 14.1 Å². The summed E-state index contributed by atoms with van der Waals surface area (Å²) < 4.78 is 60.1. The molecule has 0 saturated heterocycles. The van der Waals surface area contributed by atoms with Crippen LogP contribution in [0.25, 0.3) is 0 Å². The van der Waals surface area contributed by atoms with Gasteiger partial charge in [0.05, 0.1) is 6.10 Å². The summed E-state index contributed by atoms with van der Waals surface area (Å²) >= 11 is 0. The minimum absolute atomic E-state index is 0.440. The molecule has 0 aliphatic rings. The van der Waals surface area contributed by atoms with Crippen LogP contribution in [0.5, 0.6) is 0 Å². The predicted molar refractivity (Wildman–Crippen MR) is 54.4 cm³/mol. The molecular formula is C5H14N2O7S2. The van der Waals surface area contributed by atoms with Gasteiger partial charge in [-0.05, 0) is 0 Å². The van der Waals surface area contributed by atoms with Crippen molar-refractivity contribution in [3.05, 3.63) is 0 Å². The Kier molecular flexibility index (Phi) is 5.25. The van der Waals surface area contributed by atoms with E-state index in [1.165, 1.54) is 0 Å². The van der Waals surface area contributed by atoms with E-state index in [1.807, 2.05) is 0 Å². The summed E-state index contributed by atoms with van der Waals surface area (Å²) in [6.45, 7) is -1.00. The fourth-order valence-corrected chi connectivity index (χ4v) is 1.56. The first-order valence-corrected chi connectivity index (χ1v) is 6.79. The van der Waals surface area contributed by atoms with E-state index < -0.39 is 39.8 Å². The monoisotopic (exact) mass is 278 g/mol. The molecule has 0 aliphatic heterocycles. The summed E-state index contributed by atoms with van der Waals surface area (Å²) in [6, 6.07) is 0. The number of rotatable bonds is 6. The molecule has 0 radical (unpaired) electrons. The van der Waals surface area contributed by atoms with Crippen LogP contribution in [-0.4, -0.2) is 72.9 Å². The molecule has 0 rings (SSSR count). The van der Waals surface area contributed by atoms with Crippen LogP contribution < -0.4 is 0 Å². The van der Waals surface area contributed by atoms with Crippen molar-refractivity contribution in [3.8, 4) is 0 Å². The van der Waals surface area contributed by atoms with Crippen LogP contribution in [0.3, 0.4) is 0 Å². The number of aliphatic hydroxyl groups excluding tert-OH is 1. The summed E-state index contributed by atoms with van der Waals surface area (Å²) in [6.07, 6.45) is -1.38. The Hall–Kier alpha value is -0.300. The number of aliphatic hydroxyl groups is 1. The zero-order valence-corrected chi connectivity index (χ0v) is 10.3. The molecule has 0 fully saturated rings. The molecule has 0 atom stereocenters. The zero-order valence-electron chi connectivity index (χ0n) is 8.68. The van der Waals surface area contributed by atoms with Gasteiger partial charge in [0.1, 0.15) is 0 Å². The van der Waals surface area contributed by atoms with Crippen LogP contribution in [-0.2, 0) is 20.6 Å². The lowest BCUT2D eigenvalue weighted by Gasteiger charge is -2.20. The second kappa shape index (κ2) is 5.35. The van der Waals surface area contributed by atoms with Crippen molar-refractivity contribution in [2.75, 3.05) is 27.2 Å². The molecule has 9 nitrogen and oxygen atoms in total. The van der Waals surface area contributed by atoms with Gasteiger partial charge >= 0.3 is 20.6 Å². The molecule has 0 heterocycles. The van der Waals surface area contributed by atoms with Crippen LogP contribution in [0.15, 0.2) is 0 Å². The lowest BCUT2D eigenvalue weighted by molar-refractivity contribution is 0.128. The third-order valence-electron chi connectivity index (χ3n) is 1.72. The lowest BCUT2D eigenvalue weighted by Crippen LogP contribution is -2.41. The molecule has 0 aromatic carbocycles. The van der Waals surface area contributed by atoms with E-state index in [9.17, 15) is 21.9 Å². The molecule has 0 unspecified atom stereocenters. The minimum atomic E-state index is -4.43. The third kappa shape index (κ3) is 5.69. The number of hydrogen-bond donors (Lipinski definition) is 3. The summed E-state index contributed by atoms with van der Waals surface area (Å²) in [5, 5.41) is 9.28. The molecular weight excluding hydrogens is 264 g/mol. The molecule has 0 aromatic rings. The SMILES string of the molecule is CN(CC(O)CN(C)S(=O)(=O)O)S(=O)(=O)O. The smallest absolute Gasteiger partial charge is 0.335 e. The second-order valence-corrected chi connectivity index (χ2v) is 6.21. The first kappa shape index (κ1) is 15.7. The second-order valence-electron chi connectivity index (χ2n) is 3.17. The highest BCUT2D eigenvalue weighted by Crippen LogP contribution is 2.00. The third-order valence-corrected chi connectivity index (χ3v) is 3.60. The Morgan fingerprint density at radius 1 is 0.938 bits per heavy atom. The van der Waals surface area contributed by atoms with Crippen LogP contribution in [0.2, 0.25) is 0 Å². The van der Waals surface area contributed by atoms with Gasteiger partial charge in [0.25, 0.3) is 0 Å². The summed E-state index contributed by atoms with van der Waals surface area (Å²) in [4.78, 5) is 0. The van der Waals surface area contributed by atoms with Gasteiger partial charge in [-0.3, -0.25) is 9.11 Å². The molecule has 3 N–H and O–H groups in total. The molecule has 0 amide bonds. The minimum Gasteiger partial charge on any atom is -0.390 e. The van der Waals surface area contributed by atoms with Crippen LogP contribution in [0.4, 0.5) is 0 Å². The highest BCUT2D eigenvalue weighted by Gasteiger charge is 2.22. The summed E-state index contributed by atoms with van der Waals surface area (Å²) in [7, 11) is -6.84. The van der Waals surface area contributed by atoms with Crippen molar-refractivity contribution in [2.45, 2.75) is 6.10 Å². The quantitative estimate of drug-likeness (QED) is 0.470. The van der Waals surface area contributed by atoms with E-state index in [2.05, 4.69) is 0 Å². The van der Waals surface area contributed by atoms with Crippen LogP contribution in [0.1, 0.15) is 0 Å². The van der Waals surface area contributed by atoms with Gasteiger partial charge in [0, 0.05) is 27.2 Å². The number of likely N-dealkylation sites (N-methyl/N-ethyl adjacent to an activating group) is 2. The Balaban J connectivity index is 4.36. The van der Waals surface area contributed by atoms with E-state index in [4.69, 9.17) is 9.11 Å².